The van der Waals surface area contributed by atoms with Crippen LogP contribution in [0.25, 0.3) is 0 Å². The molecule has 0 aromatic carbocycles. The van der Waals surface area contributed by atoms with Gasteiger partial charge in [-0.15, -0.1) is 0 Å². The molecule has 5 heteroatoms. The molecule has 66 valence electrons. The Balaban J connectivity index is 0. The van der Waals surface area contributed by atoms with E-state index in [2.05, 4.69) is 0 Å². The van der Waals surface area contributed by atoms with Crippen LogP contribution >= 0.6 is 0 Å². The van der Waals surface area contributed by atoms with Gasteiger partial charge in [-0.1, -0.05) is 6.42 Å². The van der Waals surface area contributed by atoms with Gasteiger partial charge in [0.2, 0.25) is 0 Å². The van der Waals surface area contributed by atoms with Gasteiger partial charge in [0, 0.05) is 6.04 Å². The third-order valence-electron chi connectivity index (χ3n) is 1.27. The maximum atomic E-state index is 10.0. The second-order valence-corrected chi connectivity index (χ2v) is 2.21. The van der Waals surface area contributed by atoms with Crippen molar-refractivity contribution in [2.24, 2.45) is 11.5 Å². The van der Waals surface area contributed by atoms with E-state index < -0.39 is 12.0 Å². The third-order valence-corrected chi connectivity index (χ3v) is 1.27. The predicted molar refractivity (Wildman–Crippen MR) is 35.9 cm³/mol. The van der Waals surface area contributed by atoms with E-state index in [1.54, 1.807) is 0 Å². The van der Waals surface area contributed by atoms with Crippen LogP contribution in [0.3, 0.4) is 0 Å². The van der Waals surface area contributed by atoms with E-state index in [9.17, 15) is 9.90 Å². The number of rotatable bonds is 5. The molecule has 0 heterocycles. The summed E-state index contributed by atoms with van der Waals surface area (Å²) < 4.78 is 0. The van der Waals surface area contributed by atoms with Crippen LogP contribution in [-0.4, -0.2) is 18.6 Å². The summed E-state index contributed by atoms with van der Waals surface area (Å²) in [6.07, 6.45) is 2.03. The summed E-state index contributed by atoms with van der Waals surface area (Å²) in [4.78, 5) is 10.0. The van der Waals surface area contributed by atoms with Crippen molar-refractivity contribution in [3.63, 3.8) is 0 Å². The van der Waals surface area contributed by atoms with Gasteiger partial charge in [-0.3, -0.25) is 0 Å². The fraction of sp³-hybridized carbons (Fsp3) is 0.833. The molecule has 0 aliphatic carbocycles. The first-order valence-electron chi connectivity index (χ1n) is 3.35. The van der Waals surface area contributed by atoms with E-state index in [0.717, 1.165) is 12.8 Å². The maximum absolute atomic E-state index is 10.0. The minimum absolute atomic E-state index is 0. The molecular formula is C6H13MnN2O2. The van der Waals surface area contributed by atoms with Crippen LogP contribution in [0.5, 0.6) is 0 Å². The summed E-state index contributed by atoms with van der Waals surface area (Å²) in [6, 6.07) is -0.827. The first-order valence-corrected chi connectivity index (χ1v) is 3.35. The Hall–Kier alpha value is -0.0905. The number of aliphatic carboxylic acids is 1. The van der Waals surface area contributed by atoms with E-state index in [1.807, 2.05) is 0 Å². The van der Waals surface area contributed by atoms with Crippen LogP contribution in [-0.2, 0) is 21.9 Å². The Morgan fingerprint density at radius 2 is 2.00 bits per heavy atom. The SMILES string of the molecule is NCCCC[C@H](N)C(=O)[O-].[Mn+]. The zero-order valence-corrected chi connectivity index (χ0v) is 7.44. The average molecular weight is 200 g/mol. The molecule has 0 aliphatic rings. The van der Waals surface area contributed by atoms with Gasteiger partial charge in [-0.2, -0.15) is 0 Å². The van der Waals surface area contributed by atoms with Crippen LogP contribution in [0.2, 0.25) is 0 Å². The first-order chi connectivity index (χ1) is 4.68. The van der Waals surface area contributed by atoms with Crippen molar-refractivity contribution < 1.29 is 27.0 Å². The Bertz CT molecular complexity index is 111. The molecule has 0 saturated heterocycles. The molecular weight excluding hydrogens is 187 g/mol. The molecule has 11 heavy (non-hydrogen) atoms. The van der Waals surface area contributed by atoms with Gasteiger partial charge >= 0.3 is 17.1 Å². The van der Waals surface area contributed by atoms with Gasteiger partial charge in [-0.25, -0.2) is 0 Å². The van der Waals surface area contributed by atoms with Crippen molar-refractivity contribution in [1.29, 1.82) is 0 Å². The Kier molecular flexibility index (Phi) is 9.83. The number of carboxylic acids is 1. The Labute approximate surface area is 76.8 Å². The summed E-state index contributed by atoms with van der Waals surface area (Å²) in [5.41, 5.74) is 10.3. The molecule has 0 aliphatic heterocycles. The van der Waals surface area contributed by atoms with Crippen LogP contribution in [0.1, 0.15) is 19.3 Å². The Morgan fingerprint density at radius 3 is 2.36 bits per heavy atom. The van der Waals surface area contributed by atoms with Gasteiger partial charge in [-0.05, 0) is 19.4 Å². The zero-order valence-electron chi connectivity index (χ0n) is 6.25. The van der Waals surface area contributed by atoms with Crippen LogP contribution in [0.15, 0.2) is 0 Å². The van der Waals surface area contributed by atoms with Gasteiger partial charge in [0.25, 0.3) is 0 Å². The van der Waals surface area contributed by atoms with Crippen LogP contribution in [0, 0.1) is 0 Å². The molecule has 0 aromatic rings. The van der Waals surface area contributed by atoms with Crippen molar-refractivity contribution in [1.82, 2.24) is 0 Å². The van der Waals surface area contributed by atoms with E-state index in [0.29, 0.717) is 13.0 Å². The molecule has 0 amide bonds. The molecule has 0 aromatic heterocycles. The minimum atomic E-state index is -1.18. The van der Waals surface area contributed by atoms with Crippen LogP contribution in [0.4, 0.5) is 0 Å². The van der Waals surface area contributed by atoms with Gasteiger partial charge < -0.3 is 21.4 Å². The molecule has 1 atom stereocenters. The van der Waals surface area contributed by atoms with Crippen molar-refractivity contribution in [3.05, 3.63) is 0 Å². The largest absolute Gasteiger partial charge is 1.00 e. The maximum Gasteiger partial charge on any atom is 1.00 e. The van der Waals surface area contributed by atoms with E-state index in [4.69, 9.17) is 11.5 Å². The smallest absolute Gasteiger partial charge is 0.548 e. The molecule has 0 radical (unpaired) electrons. The number of carbonyl (C=O) groups is 1. The quantitative estimate of drug-likeness (QED) is 0.404. The van der Waals surface area contributed by atoms with Crippen molar-refractivity contribution in [2.45, 2.75) is 25.3 Å². The fourth-order valence-electron chi connectivity index (χ4n) is 0.626. The van der Waals surface area contributed by atoms with Gasteiger partial charge in [0.05, 0.1) is 5.97 Å². The van der Waals surface area contributed by atoms with E-state index in [1.165, 1.54) is 0 Å². The van der Waals surface area contributed by atoms with E-state index >= 15 is 0 Å². The predicted octanol–water partition coefficient (Wildman–Crippen LogP) is -1.81. The van der Waals surface area contributed by atoms with Crippen molar-refractivity contribution >= 4 is 5.97 Å². The first kappa shape index (κ1) is 13.5. The average Bonchev–Trinajstić information content (AvgIpc) is 1.88. The fourth-order valence-corrected chi connectivity index (χ4v) is 0.626. The summed E-state index contributed by atoms with van der Waals surface area (Å²) >= 11 is 0. The molecule has 0 spiro atoms. The van der Waals surface area contributed by atoms with E-state index in [-0.39, 0.29) is 17.1 Å². The molecule has 0 unspecified atom stereocenters. The normalized spacial score (nSPS) is 11.8. The number of unbranched alkanes of at least 4 members (excludes halogenated alkanes) is 1. The van der Waals surface area contributed by atoms with Gasteiger partial charge in [0.1, 0.15) is 0 Å². The summed E-state index contributed by atoms with van der Waals surface area (Å²) in [5.74, 6) is -1.18. The standard InChI is InChI=1S/C6H14N2O2.Mn/c7-4-2-1-3-5(8)6(9)10;/h5H,1-4,7-8H2,(H,9,10);/q;+1/p-1/t5-;/m0./s1. The molecule has 0 rings (SSSR count). The number of hydrogen-bond acceptors (Lipinski definition) is 4. The topological polar surface area (TPSA) is 92.2 Å². The summed E-state index contributed by atoms with van der Waals surface area (Å²) in [5, 5.41) is 10.0. The summed E-state index contributed by atoms with van der Waals surface area (Å²) in [6.45, 7) is 0.583. The van der Waals surface area contributed by atoms with Gasteiger partial charge in [0.15, 0.2) is 0 Å². The molecule has 4 N–H and O–H groups in total. The monoisotopic (exact) mass is 200 g/mol. The second-order valence-electron chi connectivity index (χ2n) is 2.21. The minimum Gasteiger partial charge on any atom is -0.548 e. The second kappa shape index (κ2) is 8.01. The van der Waals surface area contributed by atoms with Crippen molar-refractivity contribution in [3.8, 4) is 0 Å². The zero-order chi connectivity index (χ0) is 7.98. The summed E-state index contributed by atoms with van der Waals surface area (Å²) in [7, 11) is 0. The number of carboxylic acid groups (broad SMARTS) is 1. The molecule has 0 saturated carbocycles. The third kappa shape index (κ3) is 7.81. The van der Waals surface area contributed by atoms with Crippen LogP contribution < -0.4 is 16.6 Å². The molecule has 0 fully saturated rings. The molecule has 0 bridgehead atoms. The number of nitrogens with two attached hydrogens (primary N) is 2. The Morgan fingerprint density at radius 1 is 1.45 bits per heavy atom. The molecule has 4 nitrogen and oxygen atoms in total. The van der Waals surface area contributed by atoms with Crippen molar-refractivity contribution in [2.75, 3.05) is 6.54 Å². The number of carbonyl (C=O) groups excluding carboxylic acids is 1. The number of hydrogen-bond donors (Lipinski definition) is 2.